The maximum absolute atomic E-state index is 12.1. The van der Waals surface area contributed by atoms with Gasteiger partial charge in [-0.05, 0) is 110 Å². The van der Waals surface area contributed by atoms with Crippen molar-refractivity contribution < 1.29 is 30.3 Å². The van der Waals surface area contributed by atoms with Crippen molar-refractivity contribution in [3.63, 3.8) is 0 Å². The summed E-state index contributed by atoms with van der Waals surface area (Å²) in [6, 6.07) is 18.4. The van der Waals surface area contributed by atoms with Crippen LogP contribution in [-0.2, 0) is 19.3 Å². The highest BCUT2D eigenvalue weighted by atomic mass is 33.1. The Kier molecular flexibility index (Phi) is 14.5. The second-order valence-electron chi connectivity index (χ2n) is 18.0. The number of hydrogen-bond donors (Lipinski definition) is 8. The van der Waals surface area contributed by atoms with Gasteiger partial charge in [-0.15, -0.1) is 0 Å². The van der Waals surface area contributed by atoms with Crippen molar-refractivity contribution in [2.24, 2.45) is 41.2 Å². The summed E-state index contributed by atoms with van der Waals surface area (Å²) in [5, 5.41) is 61.4. The molecular weight excluding hydrogens is 803 g/mol. The summed E-state index contributed by atoms with van der Waals surface area (Å²) < 4.78 is 6.84. The summed E-state index contributed by atoms with van der Waals surface area (Å²) in [5.74, 6) is 8.68. The van der Waals surface area contributed by atoms with Gasteiger partial charge >= 0.3 is 0 Å². The number of rotatable bonds is 8. The number of aryl methyl sites for hydroxylation is 1. The molecule has 8 rings (SSSR count). The third-order valence-corrected chi connectivity index (χ3v) is 16.4. The van der Waals surface area contributed by atoms with E-state index in [2.05, 4.69) is 77.6 Å². The molecule has 2 aromatic carbocycles. The van der Waals surface area contributed by atoms with Crippen molar-refractivity contribution in [1.29, 1.82) is 0 Å². The van der Waals surface area contributed by atoms with E-state index in [1.807, 2.05) is 18.3 Å². The SMILES string of the molecule is C[C@H](Cc1ccccc1)[C@H]1C#C[C@H]2C=C3CCc4cc(O)c(O[C@@H]5C[C@H](Cc6ccc[nH]6)C6=CCNC(N)=C6CSSC[C@H](CO)[C@H]5O)cc4[C@@H]3C[C@@H](O)[C@H]2[C@@H](O)CCCC1. The number of nitrogens with two attached hydrogens (primary N) is 1. The summed E-state index contributed by atoms with van der Waals surface area (Å²) in [4.78, 5) is 3.36. The summed E-state index contributed by atoms with van der Waals surface area (Å²) in [7, 11) is 3.27. The summed E-state index contributed by atoms with van der Waals surface area (Å²) >= 11 is 0. The van der Waals surface area contributed by atoms with Crippen LogP contribution >= 0.6 is 21.6 Å². The van der Waals surface area contributed by atoms with Gasteiger partial charge in [0.25, 0.3) is 0 Å². The number of aliphatic hydroxyl groups is 4. The van der Waals surface area contributed by atoms with Crippen LogP contribution in [0.2, 0.25) is 0 Å². The van der Waals surface area contributed by atoms with Gasteiger partial charge in [0.15, 0.2) is 11.5 Å². The summed E-state index contributed by atoms with van der Waals surface area (Å²) in [5.41, 5.74) is 14.3. The van der Waals surface area contributed by atoms with Crippen molar-refractivity contribution in [3.05, 3.63) is 118 Å². The lowest BCUT2D eigenvalue weighted by atomic mass is 9.76. The fourth-order valence-electron chi connectivity index (χ4n) is 10.6. The van der Waals surface area contributed by atoms with Crippen LogP contribution in [-0.4, -0.2) is 79.6 Å². The fraction of sp³-hybridized carbons (Fsp3) is 0.520. The number of aliphatic hydroxyl groups excluding tert-OH is 4. The van der Waals surface area contributed by atoms with Gasteiger partial charge in [-0.3, -0.25) is 0 Å². The van der Waals surface area contributed by atoms with Crippen LogP contribution < -0.4 is 15.8 Å². The van der Waals surface area contributed by atoms with Gasteiger partial charge in [-0.1, -0.05) is 101 Å². The number of phenolic OH excluding ortho intramolecular Hbond substituents is 1. The number of nitrogens with one attached hydrogen (secondary N) is 2. The number of ether oxygens (including phenoxy) is 1. The number of aromatic hydroxyl groups is 1. The molecule has 326 valence electrons. The monoisotopic (exact) mass is 865 g/mol. The smallest absolute Gasteiger partial charge is 0.161 e. The standard InChI is InChI=1S/C50H63N3O6S2/c1-30(20-31-8-3-2-4-9-31)32-10-5-6-12-43(55)48-35(16-13-32)21-33-14-15-34-23-44(56)46(26-41(34)40(33)25-45(48)57)59-47-24-36(22-38-11-7-18-52-38)39-17-19-53-50(51)42(39)29-61-60-28-37(27-54)49(47)58/h2-4,7-9,11,17-18,21,23,26,30,32,35-37,40,43,45,47-49,52-58H,5-6,10,12,14-15,19-20,22,24-25,27-29,51H2,1H3/t30-,32-,35+,36+,37+,40-,43+,45-,47-,48-,49-/m1/s1. The Morgan fingerprint density at radius 3 is 2.61 bits per heavy atom. The van der Waals surface area contributed by atoms with Crippen LogP contribution in [0, 0.1) is 47.3 Å². The molecule has 9 nitrogen and oxygen atoms in total. The van der Waals surface area contributed by atoms with Gasteiger partial charge in [-0.25, -0.2) is 0 Å². The molecule has 5 aliphatic rings. The number of benzene rings is 2. The average Bonchev–Trinajstić information content (AvgIpc) is 3.71. The number of aromatic nitrogens is 1. The largest absolute Gasteiger partial charge is 0.504 e. The Morgan fingerprint density at radius 2 is 1.80 bits per heavy atom. The second-order valence-corrected chi connectivity index (χ2v) is 20.5. The molecule has 0 radical (unpaired) electrons. The third-order valence-electron chi connectivity index (χ3n) is 14.0. The highest BCUT2D eigenvalue weighted by Gasteiger charge is 2.41. The topological polar surface area (TPSA) is 164 Å². The maximum Gasteiger partial charge on any atom is 0.161 e. The van der Waals surface area contributed by atoms with Gasteiger partial charge < -0.3 is 46.3 Å². The molecule has 3 aliphatic carbocycles. The van der Waals surface area contributed by atoms with Crippen molar-refractivity contribution in [3.8, 4) is 23.3 Å². The van der Waals surface area contributed by atoms with Crippen molar-refractivity contribution in [1.82, 2.24) is 10.3 Å². The van der Waals surface area contributed by atoms with E-state index in [-0.39, 0.29) is 41.8 Å². The van der Waals surface area contributed by atoms with Crippen LogP contribution in [0.5, 0.6) is 11.5 Å². The fourth-order valence-corrected chi connectivity index (χ4v) is 13.1. The molecule has 11 heteroatoms. The number of dihydropyridines is 1. The van der Waals surface area contributed by atoms with Crippen LogP contribution in [0.4, 0.5) is 0 Å². The zero-order chi connectivity index (χ0) is 42.5. The van der Waals surface area contributed by atoms with Gasteiger partial charge in [0, 0.05) is 71.7 Å². The van der Waals surface area contributed by atoms with Gasteiger partial charge in [0.05, 0.1) is 18.3 Å². The van der Waals surface area contributed by atoms with E-state index >= 15 is 0 Å². The number of hydrogen-bond acceptors (Lipinski definition) is 10. The number of allylic oxidation sites excluding steroid dienone is 3. The van der Waals surface area contributed by atoms with E-state index < -0.39 is 36.3 Å². The number of aromatic amines is 1. The highest BCUT2D eigenvalue weighted by molar-refractivity contribution is 8.76. The molecule has 1 aromatic heterocycles. The molecule has 0 saturated carbocycles. The molecule has 0 unspecified atom stereocenters. The first-order valence-electron chi connectivity index (χ1n) is 22.4. The van der Waals surface area contributed by atoms with E-state index in [9.17, 15) is 25.5 Å². The number of H-pyrrole nitrogens is 1. The number of phenols is 1. The molecule has 0 amide bonds. The van der Waals surface area contributed by atoms with Crippen LogP contribution in [0.1, 0.15) is 80.2 Å². The van der Waals surface area contributed by atoms with Crippen LogP contribution in [0.15, 0.2) is 95.5 Å². The third kappa shape index (κ3) is 10.2. The minimum absolute atomic E-state index is 0.00488. The lowest BCUT2D eigenvalue weighted by Crippen LogP contribution is -2.42. The molecule has 11 atom stereocenters. The quantitative estimate of drug-likeness (QED) is 0.0662. The first-order valence-corrected chi connectivity index (χ1v) is 24.9. The van der Waals surface area contributed by atoms with E-state index in [1.165, 1.54) is 11.1 Å². The maximum atomic E-state index is 12.1. The number of fused-ring (bicyclic) bond motifs is 5. The van der Waals surface area contributed by atoms with Crippen LogP contribution in [0.3, 0.4) is 0 Å². The molecule has 1 saturated heterocycles. The molecule has 3 aromatic rings. The van der Waals surface area contributed by atoms with Crippen molar-refractivity contribution in [2.45, 2.75) is 101 Å². The van der Waals surface area contributed by atoms with E-state index in [1.54, 1.807) is 27.7 Å². The summed E-state index contributed by atoms with van der Waals surface area (Å²) in [6.07, 6.45) is 10.6. The Labute approximate surface area is 369 Å². The lowest BCUT2D eigenvalue weighted by molar-refractivity contribution is -0.0214. The molecule has 0 bridgehead atoms. The Hall–Kier alpha value is -3.76. The van der Waals surface area contributed by atoms with E-state index in [0.29, 0.717) is 55.5 Å². The molecule has 0 spiro atoms. The predicted molar refractivity (Wildman–Crippen MR) is 246 cm³/mol. The van der Waals surface area contributed by atoms with Crippen molar-refractivity contribution in [2.75, 3.05) is 24.7 Å². The Bertz CT molecular complexity index is 2110. The average molecular weight is 866 g/mol. The zero-order valence-corrected chi connectivity index (χ0v) is 36.8. The molecular formula is C50H63N3O6S2. The normalized spacial score (nSPS) is 31.4. The molecule has 61 heavy (non-hydrogen) atoms. The van der Waals surface area contributed by atoms with Crippen molar-refractivity contribution >= 4 is 21.6 Å². The second kappa shape index (κ2) is 20.2. The van der Waals surface area contributed by atoms with Gasteiger partial charge in [0.1, 0.15) is 11.9 Å². The molecule has 9 N–H and O–H groups in total. The minimum Gasteiger partial charge on any atom is -0.504 e. The molecule has 2 aliphatic heterocycles. The Balaban J connectivity index is 1.11. The van der Waals surface area contributed by atoms with E-state index in [4.69, 9.17) is 10.5 Å². The molecule has 3 heterocycles. The Morgan fingerprint density at radius 1 is 0.967 bits per heavy atom. The highest BCUT2D eigenvalue weighted by Crippen LogP contribution is 2.48. The van der Waals surface area contributed by atoms with E-state index in [0.717, 1.165) is 66.5 Å². The zero-order valence-electron chi connectivity index (χ0n) is 35.2. The first-order chi connectivity index (χ1) is 29.7. The predicted octanol–water partition coefficient (Wildman–Crippen LogP) is 7.17. The lowest BCUT2D eigenvalue weighted by Gasteiger charge is -2.34. The summed E-state index contributed by atoms with van der Waals surface area (Å²) in [6.45, 7) is 2.69. The van der Waals surface area contributed by atoms with Crippen LogP contribution in [0.25, 0.3) is 0 Å². The van der Waals surface area contributed by atoms with Gasteiger partial charge in [-0.2, -0.15) is 0 Å². The first kappa shape index (κ1) is 43.9. The molecule has 1 fully saturated rings. The minimum atomic E-state index is -1.02. The van der Waals surface area contributed by atoms with Gasteiger partial charge in [0.2, 0.25) is 0 Å².